The molecule has 0 bridgehead atoms. The molecule has 1 rings (SSSR count). The van der Waals surface area contributed by atoms with E-state index in [9.17, 15) is 0 Å². The Kier molecular flexibility index (Phi) is 4.54. The van der Waals surface area contributed by atoms with Crippen LogP contribution in [0.4, 0.5) is 0 Å². The molecule has 2 atom stereocenters. The Morgan fingerprint density at radius 1 is 1.38 bits per heavy atom. The predicted octanol–water partition coefficient (Wildman–Crippen LogP) is 2.14. The fourth-order valence-corrected chi connectivity index (χ4v) is 1.86. The van der Waals surface area contributed by atoms with Crippen LogP contribution in [0.5, 0.6) is 0 Å². The number of hydrogen-bond donors (Lipinski definition) is 1. The van der Waals surface area contributed by atoms with Crippen LogP contribution in [0.3, 0.4) is 0 Å². The monoisotopic (exact) mass is 223 g/mol. The first-order chi connectivity index (χ1) is 7.45. The summed E-state index contributed by atoms with van der Waals surface area (Å²) in [6, 6.07) is 2.40. The zero-order valence-corrected chi connectivity index (χ0v) is 11.2. The predicted molar refractivity (Wildman–Crippen MR) is 68.3 cm³/mol. The van der Waals surface area contributed by atoms with Gasteiger partial charge in [0.25, 0.3) is 0 Å². The molecule has 16 heavy (non-hydrogen) atoms. The number of rotatable bonds is 5. The molecule has 1 aromatic rings. The molecule has 0 spiro atoms. The van der Waals surface area contributed by atoms with Gasteiger partial charge in [-0.15, -0.1) is 0 Å². The molecule has 3 nitrogen and oxygen atoms in total. The van der Waals surface area contributed by atoms with Gasteiger partial charge >= 0.3 is 0 Å². The maximum absolute atomic E-state index is 6.23. The van der Waals surface area contributed by atoms with Gasteiger partial charge < -0.3 is 5.73 Å². The number of nitrogens with two attached hydrogens (primary N) is 1. The van der Waals surface area contributed by atoms with E-state index in [1.165, 1.54) is 5.69 Å². The summed E-state index contributed by atoms with van der Waals surface area (Å²) in [6.07, 6.45) is 1.91. The molecule has 2 unspecified atom stereocenters. The molecule has 1 aromatic heterocycles. The number of aryl methyl sites for hydroxylation is 2. The van der Waals surface area contributed by atoms with Crippen molar-refractivity contribution in [2.75, 3.05) is 0 Å². The molecule has 0 amide bonds. The minimum absolute atomic E-state index is 0.222. The van der Waals surface area contributed by atoms with E-state index < -0.39 is 0 Å². The molecule has 0 aliphatic heterocycles. The lowest BCUT2D eigenvalue weighted by atomic mass is 9.88. The van der Waals surface area contributed by atoms with Crippen molar-refractivity contribution in [2.24, 2.45) is 24.6 Å². The Morgan fingerprint density at radius 2 is 2.00 bits per heavy atom. The first-order valence-corrected chi connectivity index (χ1v) is 6.23. The highest BCUT2D eigenvalue weighted by molar-refractivity contribution is 5.11. The van der Waals surface area contributed by atoms with E-state index in [-0.39, 0.29) is 6.04 Å². The smallest absolute Gasteiger partial charge is 0.0624 e. The van der Waals surface area contributed by atoms with E-state index in [4.69, 9.17) is 5.73 Å². The molecule has 1 heterocycles. The molecule has 0 radical (unpaired) electrons. The zero-order chi connectivity index (χ0) is 12.3. The summed E-state index contributed by atoms with van der Waals surface area (Å²) in [4.78, 5) is 0. The van der Waals surface area contributed by atoms with E-state index in [1.54, 1.807) is 0 Å². The maximum atomic E-state index is 6.23. The molecule has 92 valence electrons. The third-order valence-corrected chi connectivity index (χ3v) is 3.56. The molecule has 0 aromatic carbocycles. The van der Waals surface area contributed by atoms with Crippen LogP contribution in [0, 0.1) is 11.8 Å². The van der Waals surface area contributed by atoms with Crippen LogP contribution < -0.4 is 5.73 Å². The van der Waals surface area contributed by atoms with Crippen molar-refractivity contribution < 1.29 is 0 Å². The van der Waals surface area contributed by atoms with Crippen LogP contribution in [0.15, 0.2) is 6.07 Å². The standard InChI is InChI=1S/C13H25N3/c1-6-11-7-12(16(5)15-11)8-13(14)10(4)9(2)3/h7,9-10,13H,6,8,14H2,1-5H3. The Hall–Kier alpha value is -0.830. The summed E-state index contributed by atoms with van der Waals surface area (Å²) in [5.41, 5.74) is 8.63. The molecule has 0 fully saturated rings. The lowest BCUT2D eigenvalue weighted by Crippen LogP contribution is -2.34. The van der Waals surface area contributed by atoms with Gasteiger partial charge in [0.05, 0.1) is 5.69 Å². The SMILES string of the molecule is CCc1cc(CC(N)C(C)C(C)C)n(C)n1. The van der Waals surface area contributed by atoms with Crippen molar-refractivity contribution in [3.05, 3.63) is 17.5 Å². The zero-order valence-electron chi connectivity index (χ0n) is 11.2. The minimum atomic E-state index is 0.222. The van der Waals surface area contributed by atoms with Crippen molar-refractivity contribution in [3.8, 4) is 0 Å². The number of hydrogen-bond acceptors (Lipinski definition) is 2. The van der Waals surface area contributed by atoms with Crippen LogP contribution in [-0.4, -0.2) is 15.8 Å². The highest BCUT2D eigenvalue weighted by atomic mass is 15.3. The second-order valence-electron chi connectivity index (χ2n) is 5.08. The van der Waals surface area contributed by atoms with Crippen molar-refractivity contribution in [3.63, 3.8) is 0 Å². The summed E-state index contributed by atoms with van der Waals surface area (Å²) in [6.45, 7) is 8.81. The molecular formula is C13H25N3. The minimum Gasteiger partial charge on any atom is -0.327 e. The van der Waals surface area contributed by atoms with E-state index in [2.05, 4.69) is 38.9 Å². The fraction of sp³-hybridized carbons (Fsp3) is 0.769. The van der Waals surface area contributed by atoms with Crippen LogP contribution in [0.1, 0.15) is 39.1 Å². The van der Waals surface area contributed by atoms with E-state index in [1.807, 2.05) is 11.7 Å². The third-order valence-electron chi connectivity index (χ3n) is 3.56. The van der Waals surface area contributed by atoms with Crippen molar-refractivity contribution in [2.45, 2.75) is 46.6 Å². The van der Waals surface area contributed by atoms with E-state index in [0.29, 0.717) is 11.8 Å². The highest BCUT2D eigenvalue weighted by Gasteiger charge is 2.18. The molecule has 0 saturated heterocycles. The molecule has 0 aliphatic carbocycles. The Bertz CT molecular complexity index is 328. The third kappa shape index (κ3) is 3.08. The average Bonchev–Trinajstić information content (AvgIpc) is 2.58. The summed E-state index contributed by atoms with van der Waals surface area (Å²) in [5, 5.41) is 4.45. The van der Waals surface area contributed by atoms with Gasteiger partial charge in [0.1, 0.15) is 0 Å². The van der Waals surface area contributed by atoms with Gasteiger partial charge in [-0.05, 0) is 24.3 Å². The Labute approximate surface area is 99.0 Å². The highest BCUT2D eigenvalue weighted by Crippen LogP contribution is 2.17. The average molecular weight is 223 g/mol. The quantitative estimate of drug-likeness (QED) is 0.831. The number of nitrogens with zero attached hydrogens (tertiary/aromatic N) is 2. The molecule has 3 heteroatoms. The van der Waals surface area contributed by atoms with Gasteiger partial charge in [-0.1, -0.05) is 27.7 Å². The second kappa shape index (κ2) is 5.48. The number of aromatic nitrogens is 2. The lowest BCUT2D eigenvalue weighted by molar-refractivity contribution is 0.340. The van der Waals surface area contributed by atoms with Gasteiger partial charge in [0, 0.05) is 25.2 Å². The molecular weight excluding hydrogens is 198 g/mol. The van der Waals surface area contributed by atoms with Crippen LogP contribution in [0.2, 0.25) is 0 Å². The molecule has 0 aliphatic rings. The summed E-state index contributed by atoms with van der Waals surface area (Å²) in [5.74, 6) is 1.17. The summed E-state index contributed by atoms with van der Waals surface area (Å²) in [7, 11) is 2.00. The topological polar surface area (TPSA) is 43.8 Å². The van der Waals surface area contributed by atoms with Crippen LogP contribution in [0.25, 0.3) is 0 Å². The molecule has 2 N–H and O–H groups in total. The summed E-state index contributed by atoms with van der Waals surface area (Å²) < 4.78 is 1.96. The Morgan fingerprint density at radius 3 is 2.44 bits per heavy atom. The summed E-state index contributed by atoms with van der Waals surface area (Å²) >= 11 is 0. The fourth-order valence-electron chi connectivity index (χ4n) is 1.86. The first kappa shape index (κ1) is 13.2. The van der Waals surface area contributed by atoms with Crippen LogP contribution in [-0.2, 0) is 19.9 Å². The Balaban J connectivity index is 2.68. The van der Waals surface area contributed by atoms with Gasteiger partial charge in [-0.3, -0.25) is 4.68 Å². The van der Waals surface area contributed by atoms with Crippen molar-refractivity contribution >= 4 is 0 Å². The van der Waals surface area contributed by atoms with Gasteiger partial charge in [0.15, 0.2) is 0 Å². The van der Waals surface area contributed by atoms with Gasteiger partial charge in [-0.25, -0.2) is 0 Å². The van der Waals surface area contributed by atoms with Crippen molar-refractivity contribution in [1.29, 1.82) is 0 Å². The largest absolute Gasteiger partial charge is 0.327 e. The van der Waals surface area contributed by atoms with Gasteiger partial charge in [-0.2, -0.15) is 5.10 Å². The second-order valence-corrected chi connectivity index (χ2v) is 5.08. The maximum Gasteiger partial charge on any atom is 0.0624 e. The first-order valence-electron chi connectivity index (χ1n) is 6.23. The normalized spacial score (nSPS) is 15.4. The molecule has 0 saturated carbocycles. The van der Waals surface area contributed by atoms with Crippen LogP contribution >= 0.6 is 0 Å². The van der Waals surface area contributed by atoms with E-state index >= 15 is 0 Å². The van der Waals surface area contributed by atoms with E-state index in [0.717, 1.165) is 18.5 Å². The lowest BCUT2D eigenvalue weighted by Gasteiger charge is -2.23. The van der Waals surface area contributed by atoms with Crippen molar-refractivity contribution in [1.82, 2.24) is 9.78 Å². The van der Waals surface area contributed by atoms with Gasteiger partial charge in [0.2, 0.25) is 0 Å².